The molecule has 1 aliphatic heterocycles. The highest BCUT2D eigenvalue weighted by atomic mass is 16.5. The molecule has 130 valence electrons. The summed E-state index contributed by atoms with van der Waals surface area (Å²) >= 11 is 0. The highest BCUT2D eigenvalue weighted by Crippen LogP contribution is 2.29. The van der Waals surface area contributed by atoms with Crippen LogP contribution in [0.3, 0.4) is 0 Å². The number of aromatic nitrogens is 2. The number of nitrogens with one attached hydrogen (secondary N) is 1. The third-order valence-electron chi connectivity index (χ3n) is 4.78. The molecule has 0 spiro atoms. The Morgan fingerprint density at radius 2 is 1.83 bits per heavy atom. The molecule has 5 heteroatoms. The number of nitrogens with zero attached hydrogens (tertiary/aromatic N) is 3. The van der Waals surface area contributed by atoms with E-state index in [-0.39, 0.29) is 12.2 Å². The van der Waals surface area contributed by atoms with Crippen molar-refractivity contribution in [1.29, 1.82) is 0 Å². The molecule has 0 aliphatic carbocycles. The van der Waals surface area contributed by atoms with E-state index in [2.05, 4.69) is 67.3 Å². The second-order valence-corrected chi connectivity index (χ2v) is 6.81. The van der Waals surface area contributed by atoms with Crippen LogP contribution in [-0.4, -0.2) is 35.1 Å². The minimum atomic E-state index is 0.254. The Balaban J connectivity index is 1.79. The van der Waals surface area contributed by atoms with Gasteiger partial charge in [0, 0.05) is 37.9 Å². The van der Waals surface area contributed by atoms with E-state index < -0.39 is 0 Å². The van der Waals surface area contributed by atoms with Gasteiger partial charge in [-0.05, 0) is 39.8 Å². The molecule has 2 heterocycles. The van der Waals surface area contributed by atoms with E-state index in [1.165, 1.54) is 22.6 Å². The first-order valence-electron chi connectivity index (χ1n) is 8.68. The largest absolute Gasteiger partial charge is 0.379 e. The predicted molar refractivity (Wildman–Crippen MR) is 98.7 cm³/mol. The molecule has 5 nitrogen and oxygen atoms in total. The summed E-state index contributed by atoms with van der Waals surface area (Å²) in [6, 6.07) is 8.53. The number of morpholine rings is 1. The number of hydrogen-bond acceptors (Lipinski definition) is 4. The molecule has 1 aliphatic rings. The molecule has 1 saturated heterocycles. The molecule has 24 heavy (non-hydrogen) atoms. The minimum absolute atomic E-state index is 0.254. The highest BCUT2D eigenvalue weighted by molar-refractivity contribution is 5.70. The first-order chi connectivity index (χ1) is 11.5. The molecule has 3 rings (SSSR count). The number of rotatable bonds is 4. The summed E-state index contributed by atoms with van der Waals surface area (Å²) in [5.74, 6) is 0. The van der Waals surface area contributed by atoms with Crippen LogP contribution in [0, 0.1) is 13.8 Å². The zero-order valence-corrected chi connectivity index (χ0v) is 15.3. The van der Waals surface area contributed by atoms with Crippen molar-refractivity contribution in [3.63, 3.8) is 0 Å². The number of benzene rings is 1. The zero-order chi connectivity index (χ0) is 17.3. The quantitative estimate of drug-likeness (QED) is 0.935. The van der Waals surface area contributed by atoms with Crippen LogP contribution < -0.4 is 10.2 Å². The Morgan fingerprint density at radius 1 is 1.17 bits per heavy atom. The molecule has 1 aromatic heterocycles. The van der Waals surface area contributed by atoms with Crippen LogP contribution in [0.25, 0.3) is 0 Å². The second-order valence-electron chi connectivity index (χ2n) is 6.81. The van der Waals surface area contributed by atoms with Gasteiger partial charge in [-0.25, -0.2) is 0 Å². The summed E-state index contributed by atoms with van der Waals surface area (Å²) in [6.45, 7) is 11.1. The first-order valence-corrected chi connectivity index (χ1v) is 8.68. The molecule has 0 bridgehead atoms. The fraction of sp³-hybridized carbons (Fsp3) is 0.526. The summed E-state index contributed by atoms with van der Waals surface area (Å²) in [6.07, 6.45) is 0.509. The van der Waals surface area contributed by atoms with E-state index in [1.807, 2.05) is 11.7 Å². The first kappa shape index (κ1) is 16.8. The van der Waals surface area contributed by atoms with Gasteiger partial charge in [0.25, 0.3) is 0 Å². The van der Waals surface area contributed by atoms with Crippen molar-refractivity contribution >= 4 is 11.4 Å². The molecular weight excluding hydrogens is 300 g/mol. The number of ether oxygens (including phenoxy) is 1. The standard InChI is InChI=1S/C19H28N4O/c1-13-11-23(12-14(2)24-13)19-9-7-6-8-18(19)20-10-17-15(3)21-22(5)16(17)4/h6-9,13-14,20H,10-12H2,1-5H3/t13-,14+. The average molecular weight is 328 g/mol. The normalized spacial score (nSPS) is 21.1. The Bertz CT molecular complexity index is 699. The zero-order valence-electron chi connectivity index (χ0n) is 15.3. The minimum Gasteiger partial charge on any atom is -0.379 e. The van der Waals surface area contributed by atoms with E-state index in [4.69, 9.17) is 4.74 Å². The molecular formula is C19H28N4O. The number of aryl methyl sites for hydroxylation is 2. The number of anilines is 2. The monoisotopic (exact) mass is 328 g/mol. The third-order valence-corrected chi connectivity index (χ3v) is 4.78. The van der Waals surface area contributed by atoms with Crippen LogP contribution >= 0.6 is 0 Å². The third kappa shape index (κ3) is 3.41. The summed E-state index contributed by atoms with van der Waals surface area (Å²) in [5.41, 5.74) is 6.00. The maximum atomic E-state index is 5.87. The van der Waals surface area contributed by atoms with Gasteiger partial charge >= 0.3 is 0 Å². The maximum absolute atomic E-state index is 5.87. The summed E-state index contributed by atoms with van der Waals surface area (Å²) < 4.78 is 7.82. The molecule has 2 atom stereocenters. The Hall–Kier alpha value is -2.01. The Kier molecular flexibility index (Phi) is 4.81. The summed E-state index contributed by atoms with van der Waals surface area (Å²) in [7, 11) is 2.00. The lowest BCUT2D eigenvalue weighted by Gasteiger charge is -2.37. The van der Waals surface area contributed by atoms with Crippen LogP contribution in [0.2, 0.25) is 0 Å². The Labute approximate surface area is 144 Å². The van der Waals surface area contributed by atoms with Crippen LogP contribution in [0.1, 0.15) is 30.8 Å². The lowest BCUT2D eigenvalue weighted by atomic mass is 10.1. The van der Waals surface area contributed by atoms with Crippen molar-refractivity contribution in [1.82, 2.24) is 9.78 Å². The lowest BCUT2D eigenvalue weighted by Crippen LogP contribution is -2.45. The molecule has 0 amide bonds. The van der Waals surface area contributed by atoms with E-state index in [0.29, 0.717) is 0 Å². The average Bonchev–Trinajstić information content (AvgIpc) is 2.77. The predicted octanol–water partition coefficient (Wildman–Crippen LogP) is 3.26. The van der Waals surface area contributed by atoms with Gasteiger partial charge in [0.05, 0.1) is 29.3 Å². The fourth-order valence-corrected chi connectivity index (χ4v) is 3.53. The molecule has 0 radical (unpaired) electrons. The molecule has 1 aromatic carbocycles. The molecule has 2 aromatic rings. The van der Waals surface area contributed by atoms with Crippen LogP contribution in [0.4, 0.5) is 11.4 Å². The van der Waals surface area contributed by atoms with Gasteiger partial charge in [0.2, 0.25) is 0 Å². The summed E-state index contributed by atoms with van der Waals surface area (Å²) in [5, 5.41) is 8.12. The number of hydrogen-bond donors (Lipinski definition) is 1. The van der Waals surface area contributed by atoms with Gasteiger partial charge in [-0.15, -0.1) is 0 Å². The van der Waals surface area contributed by atoms with Crippen molar-refractivity contribution < 1.29 is 4.74 Å². The van der Waals surface area contributed by atoms with Gasteiger partial charge in [-0.3, -0.25) is 4.68 Å². The van der Waals surface area contributed by atoms with Crippen molar-refractivity contribution in [2.45, 2.75) is 46.4 Å². The van der Waals surface area contributed by atoms with Crippen LogP contribution in [0.15, 0.2) is 24.3 Å². The molecule has 1 N–H and O–H groups in total. The van der Waals surface area contributed by atoms with Crippen molar-refractivity contribution in [2.24, 2.45) is 7.05 Å². The molecule has 0 unspecified atom stereocenters. The SMILES string of the molecule is Cc1nn(C)c(C)c1CNc1ccccc1N1C[C@@H](C)O[C@@H](C)C1. The van der Waals surface area contributed by atoms with E-state index in [9.17, 15) is 0 Å². The van der Waals surface area contributed by atoms with Gasteiger partial charge in [0.1, 0.15) is 0 Å². The van der Waals surface area contributed by atoms with Gasteiger partial charge in [-0.2, -0.15) is 5.10 Å². The van der Waals surface area contributed by atoms with Gasteiger partial charge in [0.15, 0.2) is 0 Å². The lowest BCUT2D eigenvalue weighted by molar-refractivity contribution is -0.00517. The van der Waals surface area contributed by atoms with Crippen LogP contribution in [-0.2, 0) is 18.3 Å². The Morgan fingerprint density at radius 3 is 2.46 bits per heavy atom. The van der Waals surface area contributed by atoms with Gasteiger partial charge < -0.3 is 15.0 Å². The number of para-hydroxylation sites is 2. The van der Waals surface area contributed by atoms with Crippen molar-refractivity contribution in [3.05, 3.63) is 41.2 Å². The van der Waals surface area contributed by atoms with Gasteiger partial charge in [-0.1, -0.05) is 12.1 Å². The molecule has 0 saturated carbocycles. The van der Waals surface area contributed by atoms with Crippen LogP contribution in [0.5, 0.6) is 0 Å². The maximum Gasteiger partial charge on any atom is 0.0726 e. The van der Waals surface area contributed by atoms with Crippen molar-refractivity contribution in [2.75, 3.05) is 23.3 Å². The highest BCUT2D eigenvalue weighted by Gasteiger charge is 2.23. The van der Waals surface area contributed by atoms with Crippen molar-refractivity contribution in [3.8, 4) is 0 Å². The van der Waals surface area contributed by atoms with E-state index in [1.54, 1.807) is 0 Å². The smallest absolute Gasteiger partial charge is 0.0726 e. The topological polar surface area (TPSA) is 42.3 Å². The molecule has 1 fully saturated rings. The van der Waals surface area contributed by atoms with E-state index >= 15 is 0 Å². The van der Waals surface area contributed by atoms with E-state index in [0.717, 1.165) is 25.3 Å². The second kappa shape index (κ2) is 6.85. The fourth-order valence-electron chi connectivity index (χ4n) is 3.53. The summed E-state index contributed by atoms with van der Waals surface area (Å²) in [4.78, 5) is 2.42.